The molecule has 1 amide bonds. The number of hydrogen-bond donors (Lipinski definition) is 0. The van der Waals surface area contributed by atoms with Crippen molar-refractivity contribution in [3.05, 3.63) is 78.0 Å². The zero-order chi connectivity index (χ0) is 17.6. The number of para-hydroxylation sites is 1. The fourth-order valence-corrected chi connectivity index (χ4v) is 2.81. The minimum Gasteiger partial charge on any atom is -0.496 e. The average molecular weight is 337 g/mol. The molecule has 0 spiro atoms. The molecule has 2 aromatic carbocycles. The number of hydrogen-bond acceptors (Lipinski definition) is 4. The van der Waals surface area contributed by atoms with E-state index < -0.39 is 12.1 Å². The molecule has 2 aromatic rings. The lowest BCUT2D eigenvalue weighted by Gasteiger charge is -2.31. The molecule has 0 saturated carbocycles. The summed E-state index contributed by atoms with van der Waals surface area (Å²) in [5, 5.41) is 0. The number of ketones is 1. The van der Waals surface area contributed by atoms with Gasteiger partial charge in [0.1, 0.15) is 12.4 Å². The quantitative estimate of drug-likeness (QED) is 0.850. The van der Waals surface area contributed by atoms with Crippen LogP contribution in [-0.4, -0.2) is 23.9 Å². The van der Waals surface area contributed by atoms with Gasteiger partial charge in [-0.15, -0.1) is 0 Å². The molecule has 5 nitrogen and oxygen atoms in total. The van der Waals surface area contributed by atoms with Crippen molar-refractivity contribution in [2.75, 3.05) is 7.11 Å². The van der Waals surface area contributed by atoms with Gasteiger partial charge in [0.15, 0.2) is 5.78 Å². The largest absolute Gasteiger partial charge is 0.496 e. The monoisotopic (exact) mass is 337 g/mol. The third-order valence-electron chi connectivity index (χ3n) is 4.07. The smallest absolute Gasteiger partial charge is 0.414 e. The summed E-state index contributed by atoms with van der Waals surface area (Å²) in [6.45, 7) is 0.177. The van der Waals surface area contributed by atoms with Crippen LogP contribution in [0.15, 0.2) is 66.9 Å². The van der Waals surface area contributed by atoms with Crippen LogP contribution in [0, 0.1) is 0 Å². The molecule has 0 saturated heterocycles. The fraction of sp³-hybridized carbons (Fsp3) is 0.200. The van der Waals surface area contributed by atoms with E-state index in [-0.39, 0.29) is 18.8 Å². The highest BCUT2D eigenvalue weighted by atomic mass is 16.6. The first-order chi connectivity index (χ1) is 12.2. The lowest BCUT2D eigenvalue weighted by Crippen LogP contribution is -2.35. The van der Waals surface area contributed by atoms with Crippen LogP contribution in [-0.2, 0) is 16.1 Å². The first-order valence-electron chi connectivity index (χ1n) is 8.02. The molecule has 128 valence electrons. The van der Waals surface area contributed by atoms with Crippen molar-refractivity contribution < 1.29 is 19.1 Å². The van der Waals surface area contributed by atoms with Gasteiger partial charge in [-0.25, -0.2) is 4.79 Å². The molecule has 5 heteroatoms. The Labute approximate surface area is 146 Å². The van der Waals surface area contributed by atoms with E-state index in [1.807, 2.05) is 54.6 Å². The minimum atomic E-state index is -0.497. The predicted molar refractivity (Wildman–Crippen MR) is 93.0 cm³/mol. The Morgan fingerprint density at radius 1 is 1.12 bits per heavy atom. The zero-order valence-electron chi connectivity index (χ0n) is 13.9. The predicted octanol–water partition coefficient (Wildman–Crippen LogP) is 3.86. The van der Waals surface area contributed by atoms with E-state index in [1.54, 1.807) is 7.11 Å². The van der Waals surface area contributed by atoms with Gasteiger partial charge in [-0.3, -0.25) is 9.69 Å². The van der Waals surface area contributed by atoms with Crippen LogP contribution in [0.25, 0.3) is 0 Å². The van der Waals surface area contributed by atoms with Crippen molar-refractivity contribution in [3.8, 4) is 5.75 Å². The third-order valence-corrected chi connectivity index (χ3v) is 4.07. The van der Waals surface area contributed by atoms with Crippen LogP contribution in [0.2, 0.25) is 0 Å². The molecule has 1 atom stereocenters. The summed E-state index contributed by atoms with van der Waals surface area (Å²) >= 11 is 0. The van der Waals surface area contributed by atoms with E-state index in [2.05, 4.69) is 0 Å². The number of nitrogens with zero attached hydrogens (tertiary/aromatic N) is 1. The maximum absolute atomic E-state index is 12.6. The first kappa shape index (κ1) is 16.8. The topological polar surface area (TPSA) is 55.8 Å². The number of benzene rings is 2. The summed E-state index contributed by atoms with van der Waals surface area (Å²) in [6, 6.07) is 16.4. The summed E-state index contributed by atoms with van der Waals surface area (Å²) in [7, 11) is 1.57. The zero-order valence-corrected chi connectivity index (χ0v) is 13.9. The third kappa shape index (κ3) is 3.88. The van der Waals surface area contributed by atoms with Crippen LogP contribution in [0.1, 0.15) is 23.6 Å². The molecule has 3 rings (SSSR count). The molecule has 1 aliphatic heterocycles. The van der Waals surface area contributed by atoms with Gasteiger partial charge in [-0.1, -0.05) is 48.5 Å². The normalized spacial score (nSPS) is 16.6. The standard InChI is InChI=1S/C20H19NO4/c1-24-19-10-6-5-9-17(19)18-13-16(22)11-12-21(18)20(23)25-14-15-7-3-2-4-8-15/h2-12,18H,13-14H2,1H3/t18-/m1/s1. The number of rotatable bonds is 4. The second-order valence-corrected chi connectivity index (χ2v) is 5.69. The first-order valence-corrected chi connectivity index (χ1v) is 8.02. The maximum atomic E-state index is 12.6. The van der Waals surface area contributed by atoms with Gasteiger partial charge in [-0.05, 0) is 17.7 Å². The number of methoxy groups -OCH3 is 1. The summed E-state index contributed by atoms with van der Waals surface area (Å²) < 4.78 is 10.8. The number of carbonyl (C=O) groups excluding carboxylic acids is 2. The van der Waals surface area contributed by atoms with Crippen LogP contribution >= 0.6 is 0 Å². The van der Waals surface area contributed by atoms with Crippen molar-refractivity contribution in [2.45, 2.75) is 19.1 Å². The Balaban J connectivity index is 1.80. The molecular formula is C20H19NO4. The Morgan fingerprint density at radius 3 is 2.60 bits per heavy atom. The van der Waals surface area contributed by atoms with Crippen LogP contribution in [0.5, 0.6) is 5.75 Å². The number of ether oxygens (including phenoxy) is 2. The lowest BCUT2D eigenvalue weighted by atomic mass is 9.97. The number of carbonyl (C=O) groups is 2. The molecule has 0 aliphatic carbocycles. The molecule has 0 N–H and O–H groups in total. The second kappa shape index (κ2) is 7.66. The Hall–Kier alpha value is -3.08. The number of allylic oxidation sites excluding steroid dienone is 1. The van der Waals surface area contributed by atoms with E-state index in [0.717, 1.165) is 11.1 Å². The van der Waals surface area contributed by atoms with Gasteiger partial charge in [0.25, 0.3) is 0 Å². The van der Waals surface area contributed by atoms with E-state index in [1.165, 1.54) is 17.2 Å². The van der Waals surface area contributed by atoms with Gasteiger partial charge in [0.05, 0.1) is 13.2 Å². The van der Waals surface area contributed by atoms with Crippen molar-refractivity contribution in [1.29, 1.82) is 0 Å². The van der Waals surface area contributed by atoms with Crippen molar-refractivity contribution in [3.63, 3.8) is 0 Å². The average Bonchev–Trinajstić information content (AvgIpc) is 2.66. The van der Waals surface area contributed by atoms with E-state index >= 15 is 0 Å². The SMILES string of the molecule is COc1ccccc1[C@H]1CC(=O)C=CN1C(=O)OCc1ccccc1. The molecule has 1 heterocycles. The van der Waals surface area contributed by atoms with Crippen molar-refractivity contribution >= 4 is 11.9 Å². The summed E-state index contributed by atoms with van der Waals surface area (Å²) in [5.41, 5.74) is 1.68. The fourth-order valence-electron chi connectivity index (χ4n) is 2.81. The summed E-state index contributed by atoms with van der Waals surface area (Å²) in [5.74, 6) is 0.597. The van der Waals surface area contributed by atoms with Crippen molar-refractivity contribution in [1.82, 2.24) is 4.90 Å². The van der Waals surface area contributed by atoms with Gasteiger partial charge in [-0.2, -0.15) is 0 Å². The highest BCUT2D eigenvalue weighted by molar-refractivity contribution is 5.92. The van der Waals surface area contributed by atoms with Gasteiger partial charge in [0.2, 0.25) is 0 Å². The number of amides is 1. The molecule has 0 bridgehead atoms. The lowest BCUT2D eigenvalue weighted by molar-refractivity contribution is -0.116. The molecule has 0 aromatic heterocycles. The Kier molecular flexibility index (Phi) is 5.14. The molecular weight excluding hydrogens is 318 g/mol. The summed E-state index contributed by atoms with van der Waals surface area (Å²) in [6.07, 6.45) is 2.58. The molecule has 1 aliphatic rings. The van der Waals surface area contributed by atoms with E-state index in [4.69, 9.17) is 9.47 Å². The Bertz CT molecular complexity index is 785. The van der Waals surface area contributed by atoms with Gasteiger partial charge in [0, 0.05) is 18.2 Å². The van der Waals surface area contributed by atoms with Crippen LogP contribution in [0.3, 0.4) is 0 Å². The van der Waals surface area contributed by atoms with Crippen LogP contribution < -0.4 is 4.74 Å². The molecule has 0 fully saturated rings. The second-order valence-electron chi connectivity index (χ2n) is 5.69. The molecule has 25 heavy (non-hydrogen) atoms. The van der Waals surface area contributed by atoms with Crippen LogP contribution in [0.4, 0.5) is 4.79 Å². The Morgan fingerprint density at radius 2 is 1.84 bits per heavy atom. The highest BCUT2D eigenvalue weighted by Gasteiger charge is 2.31. The van der Waals surface area contributed by atoms with Gasteiger partial charge < -0.3 is 9.47 Å². The molecule has 0 radical (unpaired) electrons. The van der Waals surface area contributed by atoms with Gasteiger partial charge >= 0.3 is 6.09 Å². The minimum absolute atomic E-state index is 0.0389. The van der Waals surface area contributed by atoms with Crippen molar-refractivity contribution in [2.24, 2.45) is 0 Å². The summed E-state index contributed by atoms with van der Waals surface area (Å²) in [4.78, 5) is 25.9. The van der Waals surface area contributed by atoms with E-state index in [0.29, 0.717) is 5.75 Å². The highest BCUT2D eigenvalue weighted by Crippen LogP contribution is 2.34. The maximum Gasteiger partial charge on any atom is 0.414 e. The molecule has 0 unspecified atom stereocenters. The van der Waals surface area contributed by atoms with E-state index in [9.17, 15) is 9.59 Å².